The van der Waals surface area contributed by atoms with E-state index in [1.165, 1.54) is 53.6 Å². The molecule has 128 valence electrons. The number of hydrogen-bond donors (Lipinski definition) is 0. The normalized spacial score (nSPS) is 15.9. The van der Waals surface area contributed by atoms with Crippen LogP contribution in [0.4, 0.5) is 0 Å². The third-order valence-electron chi connectivity index (χ3n) is 5.68. The third-order valence-corrected chi connectivity index (χ3v) is 5.68. The van der Waals surface area contributed by atoms with E-state index >= 15 is 0 Å². The first-order valence-corrected chi connectivity index (χ1v) is 9.39. The van der Waals surface area contributed by atoms with Crippen molar-refractivity contribution >= 4 is 0 Å². The lowest BCUT2D eigenvalue weighted by molar-refractivity contribution is -0.661. The molecule has 0 spiro atoms. The number of hydrogen-bond acceptors (Lipinski definition) is 0. The molecule has 0 N–H and O–H groups in total. The van der Waals surface area contributed by atoms with Gasteiger partial charge in [0.1, 0.15) is 7.05 Å². The Kier molecular flexibility index (Phi) is 4.55. The molecule has 0 unspecified atom stereocenters. The van der Waals surface area contributed by atoms with Gasteiger partial charge in [0, 0.05) is 17.2 Å². The first-order chi connectivity index (χ1) is 11.3. The predicted octanol–water partition coefficient (Wildman–Crippen LogP) is 5.75. The van der Waals surface area contributed by atoms with Crippen molar-refractivity contribution in [1.82, 2.24) is 0 Å². The molecule has 1 heterocycles. The zero-order chi connectivity index (χ0) is 17.5. The second kappa shape index (κ2) is 6.35. The molecule has 1 aliphatic rings. The van der Waals surface area contributed by atoms with Crippen molar-refractivity contribution in [2.75, 3.05) is 0 Å². The maximum atomic E-state index is 2.48. The number of aromatic nitrogens is 1. The molecule has 0 aliphatic heterocycles. The molecule has 0 atom stereocenters. The molecule has 0 saturated heterocycles. The highest BCUT2D eigenvalue weighted by Gasteiger charge is 2.23. The van der Waals surface area contributed by atoms with E-state index in [0.717, 1.165) is 5.92 Å². The summed E-state index contributed by atoms with van der Waals surface area (Å²) in [6.45, 7) is 11.4. The van der Waals surface area contributed by atoms with Crippen LogP contribution in [0.2, 0.25) is 0 Å². The number of rotatable bonds is 2. The maximum Gasteiger partial charge on any atom is 0.212 e. The van der Waals surface area contributed by atoms with Crippen LogP contribution >= 0.6 is 0 Å². The third kappa shape index (κ3) is 3.27. The first kappa shape index (κ1) is 17.2. The minimum absolute atomic E-state index is 0.188. The second-order valence-corrected chi connectivity index (χ2v) is 8.67. The topological polar surface area (TPSA) is 3.88 Å². The van der Waals surface area contributed by atoms with Gasteiger partial charge in [-0.3, -0.25) is 0 Å². The molecule has 1 heteroatoms. The Morgan fingerprint density at radius 3 is 2.21 bits per heavy atom. The summed E-state index contributed by atoms with van der Waals surface area (Å²) in [6, 6.07) is 9.47. The van der Waals surface area contributed by atoms with Gasteiger partial charge >= 0.3 is 0 Å². The van der Waals surface area contributed by atoms with Gasteiger partial charge in [-0.05, 0) is 66.8 Å². The van der Waals surface area contributed by atoms with Crippen LogP contribution in [0, 0.1) is 13.8 Å². The largest absolute Gasteiger partial charge is 0.212 e. The van der Waals surface area contributed by atoms with E-state index in [1.807, 2.05) is 0 Å². The smallest absolute Gasteiger partial charge is 0.201 e. The Morgan fingerprint density at radius 2 is 1.62 bits per heavy atom. The van der Waals surface area contributed by atoms with Crippen LogP contribution in [-0.4, -0.2) is 0 Å². The van der Waals surface area contributed by atoms with Gasteiger partial charge in [0.2, 0.25) is 5.69 Å². The molecular formula is C23H32N+. The van der Waals surface area contributed by atoms with Crippen LogP contribution in [0.1, 0.15) is 74.6 Å². The van der Waals surface area contributed by atoms with Gasteiger partial charge in [-0.25, -0.2) is 4.57 Å². The summed E-state index contributed by atoms with van der Waals surface area (Å²) in [5, 5.41) is 0. The molecule has 1 aliphatic carbocycles. The Bertz CT molecular complexity index is 743. The fourth-order valence-electron chi connectivity index (χ4n) is 4.15. The van der Waals surface area contributed by atoms with Crippen molar-refractivity contribution in [2.24, 2.45) is 7.05 Å². The molecule has 0 bridgehead atoms. The minimum Gasteiger partial charge on any atom is -0.201 e. The highest BCUT2D eigenvalue weighted by Crippen LogP contribution is 2.38. The van der Waals surface area contributed by atoms with Crippen molar-refractivity contribution in [1.29, 1.82) is 0 Å². The number of benzene rings is 1. The molecule has 1 aromatic heterocycles. The molecule has 24 heavy (non-hydrogen) atoms. The Morgan fingerprint density at radius 1 is 0.958 bits per heavy atom. The molecule has 2 aromatic rings. The molecule has 3 rings (SSSR count). The SMILES string of the molecule is Cc1cc(C)c(C2CCCC2)cc1-c1ccc(C(C)(C)C)c[n+]1C. The molecule has 1 nitrogen and oxygen atoms in total. The Hall–Kier alpha value is -1.63. The molecule has 0 radical (unpaired) electrons. The van der Waals surface area contributed by atoms with Crippen molar-refractivity contribution in [3.05, 3.63) is 52.7 Å². The van der Waals surface area contributed by atoms with Gasteiger partial charge in [-0.1, -0.05) is 39.7 Å². The van der Waals surface area contributed by atoms with Gasteiger partial charge in [0.05, 0.1) is 0 Å². The second-order valence-electron chi connectivity index (χ2n) is 8.67. The number of pyridine rings is 1. The molecule has 0 amide bonds. The highest BCUT2D eigenvalue weighted by atomic mass is 14.9. The maximum absolute atomic E-state index is 2.48. The van der Waals surface area contributed by atoms with Crippen LogP contribution in [0.3, 0.4) is 0 Å². The lowest BCUT2D eigenvalue weighted by Crippen LogP contribution is -2.33. The Labute approximate surface area is 147 Å². The van der Waals surface area contributed by atoms with E-state index in [-0.39, 0.29) is 5.41 Å². The fourth-order valence-corrected chi connectivity index (χ4v) is 4.15. The monoisotopic (exact) mass is 322 g/mol. The quantitative estimate of drug-likeness (QED) is 0.620. The van der Waals surface area contributed by atoms with Gasteiger partial charge < -0.3 is 0 Å². The van der Waals surface area contributed by atoms with Gasteiger partial charge in [-0.2, -0.15) is 0 Å². The average Bonchev–Trinajstić information content (AvgIpc) is 3.01. The zero-order valence-corrected chi connectivity index (χ0v) is 16.2. The highest BCUT2D eigenvalue weighted by molar-refractivity contribution is 5.64. The van der Waals surface area contributed by atoms with Crippen LogP contribution in [0.25, 0.3) is 11.3 Å². The Balaban J connectivity index is 2.07. The van der Waals surface area contributed by atoms with Crippen LogP contribution < -0.4 is 4.57 Å². The van der Waals surface area contributed by atoms with Crippen LogP contribution in [-0.2, 0) is 12.5 Å². The van der Waals surface area contributed by atoms with Crippen molar-refractivity contribution in [3.63, 3.8) is 0 Å². The van der Waals surface area contributed by atoms with Gasteiger partial charge in [0.25, 0.3) is 0 Å². The van der Waals surface area contributed by atoms with E-state index in [2.05, 4.69) is 76.7 Å². The van der Waals surface area contributed by atoms with Crippen LogP contribution in [0.15, 0.2) is 30.5 Å². The lowest BCUT2D eigenvalue weighted by Gasteiger charge is -2.19. The summed E-state index contributed by atoms with van der Waals surface area (Å²) in [6.07, 6.45) is 7.80. The van der Waals surface area contributed by atoms with E-state index < -0.39 is 0 Å². The molecule has 1 saturated carbocycles. The first-order valence-electron chi connectivity index (χ1n) is 9.39. The van der Waals surface area contributed by atoms with E-state index in [0.29, 0.717) is 0 Å². The lowest BCUT2D eigenvalue weighted by atomic mass is 9.86. The summed E-state index contributed by atoms with van der Waals surface area (Å²) in [7, 11) is 2.18. The zero-order valence-electron chi connectivity index (χ0n) is 16.2. The van der Waals surface area contributed by atoms with E-state index in [4.69, 9.17) is 0 Å². The molecular weight excluding hydrogens is 290 g/mol. The number of aryl methyl sites for hydroxylation is 3. The summed E-state index contributed by atoms with van der Waals surface area (Å²) < 4.78 is 2.30. The van der Waals surface area contributed by atoms with Crippen molar-refractivity contribution in [2.45, 2.75) is 71.6 Å². The van der Waals surface area contributed by atoms with Crippen LogP contribution in [0.5, 0.6) is 0 Å². The van der Waals surface area contributed by atoms with E-state index in [1.54, 1.807) is 5.56 Å². The summed E-state index contributed by atoms with van der Waals surface area (Å²) in [4.78, 5) is 0. The summed E-state index contributed by atoms with van der Waals surface area (Å²) in [5.41, 5.74) is 8.71. The fraction of sp³-hybridized carbons (Fsp3) is 0.522. The van der Waals surface area contributed by atoms with Gasteiger partial charge in [-0.15, -0.1) is 0 Å². The predicted molar refractivity (Wildman–Crippen MR) is 102 cm³/mol. The van der Waals surface area contributed by atoms with Gasteiger partial charge in [0.15, 0.2) is 6.20 Å². The minimum atomic E-state index is 0.188. The number of nitrogens with zero attached hydrogens (tertiary/aromatic N) is 1. The summed E-state index contributed by atoms with van der Waals surface area (Å²) >= 11 is 0. The summed E-state index contributed by atoms with van der Waals surface area (Å²) in [5.74, 6) is 0.767. The van der Waals surface area contributed by atoms with E-state index in [9.17, 15) is 0 Å². The van der Waals surface area contributed by atoms with Crippen molar-refractivity contribution < 1.29 is 4.57 Å². The molecule has 1 fully saturated rings. The standard InChI is InChI=1S/C23H32N/c1-16-13-17(2)21(14-20(16)18-9-7-8-10-18)22-12-11-19(15-24(22)6)23(3,4)5/h11-15,18H,7-10H2,1-6H3/q+1. The molecule has 1 aromatic carbocycles. The van der Waals surface area contributed by atoms with Crippen molar-refractivity contribution in [3.8, 4) is 11.3 Å². The average molecular weight is 323 g/mol.